The molecule has 0 heterocycles. The summed E-state index contributed by atoms with van der Waals surface area (Å²) in [4.78, 5) is -2.34. The van der Waals surface area contributed by atoms with Crippen LogP contribution in [0.2, 0.25) is 0 Å². The van der Waals surface area contributed by atoms with Gasteiger partial charge in [0.15, 0.2) is 0 Å². The first-order valence-electron chi connectivity index (χ1n) is 22.5. The number of benzene rings is 8. The molecule has 0 radical (unpaired) electrons. The highest BCUT2D eigenvalue weighted by molar-refractivity contribution is 7.94. The summed E-state index contributed by atoms with van der Waals surface area (Å²) in [5, 5.41) is 32.1. The van der Waals surface area contributed by atoms with Gasteiger partial charge in [0.2, 0.25) is 15.3 Å². The summed E-state index contributed by atoms with van der Waals surface area (Å²) in [5.41, 5.74) is -4.50. The van der Waals surface area contributed by atoms with Gasteiger partial charge in [-0.3, -0.25) is 4.55 Å². The number of hydrogen-bond donors (Lipinski definition) is 2. The van der Waals surface area contributed by atoms with Gasteiger partial charge in [-0.25, -0.2) is 13.7 Å². The summed E-state index contributed by atoms with van der Waals surface area (Å²) >= 11 is 0.166. The van der Waals surface area contributed by atoms with E-state index in [9.17, 15) is 31.9 Å². The van der Waals surface area contributed by atoms with Gasteiger partial charge in [0.25, 0.3) is 10.1 Å². The summed E-state index contributed by atoms with van der Waals surface area (Å²) in [6.07, 6.45) is -12.0. The Balaban J connectivity index is 1.00. The van der Waals surface area contributed by atoms with Crippen LogP contribution >= 0.6 is 12.0 Å². The molecular weight excluding hydrogens is 1110 g/mol. The third kappa shape index (κ3) is 11.8. The molecule has 79 heavy (non-hydrogen) atoms. The number of halogens is 6. The first-order chi connectivity index (χ1) is 37.5. The van der Waals surface area contributed by atoms with Gasteiger partial charge >= 0.3 is 12.4 Å². The standard InChI is InChI=1S/C55H36F6N2O13S3/c1-33-5-3-6-46(44(33)31-62)71-38-17-9-34(10-18-38)35-11-19-39(20-12-35)72-47-7-4-8-48(45(47)32-63)73-40-21-13-36(14-22-40)53(54(56,57)58,55(59,60)61)37-15-23-41(24-16-37)74-49-27-25-42(29-51(49)77-76-75-64)78(65,66)43-26-28-50(70-2)52(30-43)79(67,68)69/h3-30,64H,1-2H3,(H,67,68,69). The van der Waals surface area contributed by atoms with E-state index in [1.807, 2.05) is 31.2 Å². The maximum Gasteiger partial charge on any atom is 0.411 e. The van der Waals surface area contributed by atoms with Crippen molar-refractivity contribution >= 4 is 32.0 Å². The predicted molar refractivity (Wildman–Crippen MR) is 270 cm³/mol. The van der Waals surface area contributed by atoms with Gasteiger partial charge in [0.1, 0.15) is 74.3 Å². The van der Waals surface area contributed by atoms with Crippen molar-refractivity contribution < 1.29 is 86.0 Å². The number of methoxy groups -OCH3 is 1. The third-order valence-corrected chi connectivity index (χ3v) is 15.2. The third-order valence-electron chi connectivity index (χ3n) is 11.9. The Labute approximate surface area is 450 Å². The Bertz CT molecular complexity index is 3860. The van der Waals surface area contributed by atoms with Crippen molar-refractivity contribution in [2.24, 2.45) is 0 Å². The van der Waals surface area contributed by atoms with Crippen LogP contribution in [0, 0.1) is 29.6 Å². The van der Waals surface area contributed by atoms with Crippen LogP contribution in [0.3, 0.4) is 0 Å². The Morgan fingerprint density at radius 1 is 0.519 bits per heavy atom. The molecule has 0 aliphatic carbocycles. The van der Waals surface area contributed by atoms with E-state index >= 15 is 26.3 Å². The monoisotopic (exact) mass is 1140 g/mol. The number of nitriles is 2. The van der Waals surface area contributed by atoms with Crippen molar-refractivity contribution in [2.45, 2.75) is 44.3 Å². The molecule has 0 aromatic heterocycles. The van der Waals surface area contributed by atoms with Gasteiger partial charge in [-0.15, -0.1) is 4.33 Å². The van der Waals surface area contributed by atoms with Crippen molar-refractivity contribution in [1.29, 1.82) is 10.5 Å². The summed E-state index contributed by atoms with van der Waals surface area (Å²) < 4.78 is 185. The molecule has 0 aliphatic rings. The number of aryl methyl sites for hydroxylation is 1. The molecule has 24 heteroatoms. The minimum Gasteiger partial charge on any atom is -0.495 e. The number of alkyl halides is 6. The van der Waals surface area contributed by atoms with E-state index in [0.29, 0.717) is 53.1 Å². The van der Waals surface area contributed by atoms with Crippen LogP contribution in [-0.4, -0.2) is 46.1 Å². The van der Waals surface area contributed by atoms with Gasteiger partial charge in [-0.2, -0.15) is 45.3 Å². The fraction of sp³-hybridized carbons (Fsp3) is 0.0909. The fourth-order valence-corrected chi connectivity index (χ4v) is 10.8. The number of hydrogen-bond acceptors (Lipinski definition) is 15. The van der Waals surface area contributed by atoms with Gasteiger partial charge in [-0.05, 0) is 138 Å². The molecule has 0 saturated carbocycles. The van der Waals surface area contributed by atoms with E-state index in [0.717, 1.165) is 78.4 Å². The smallest absolute Gasteiger partial charge is 0.411 e. The highest BCUT2D eigenvalue weighted by Gasteiger charge is 2.72. The van der Waals surface area contributed by atoms with Crippen molar-refractivity contribution in [3.8, 4) is 75.0 Å². The molecule has 0 bridgehead atoms. The summed E-state index contributed by atoms with van der Waals surface area (Å²) in [7, 11) is -8.52. The zero-order valence-electron chi connectivity index (χ0n) is 40.4. The SMILES string of the molecule is COc1ccc(S(=O)(=O)c2ccc(Oc3ccc(C(c4ccc(Oc5cccc(Oc6ccc(-c7ccc(Oc8cccc(C)c8C#N)cc7)cc6)c5C#N)cc4)(C(F)(F)F)C(F)(F)F)cc3)c(SOOO)c2)cc1S(=O)(=O)O. The molecule has 0 saturated heterocycles. The van der Waals surface area contributed by atoms with Crippen LogP contribution < -0.4 is 23.7 Å². The van der Waals surface area contributed by atoms with Crippen LogP contribution in [0.5, 0.6) is 51.7 Å². The molecule has 15 nitrogen and oxygen atoms in total. The maximum absolute atomic E-state index is 15.2. The lowest BCUT2D eigenvalue weighted by Crippen LogP contribution is -2.54. The van der Waals surface area contributed by atoms with Crippen molar-refractivity contribution in [3.05, 3.63) is 198 Å². The second kappa shape index (κ2) is 22.8. The molecule has 0 amide bonds. The fourth-order valence-electron chi connectivity index (χ4n) is 8.15. The van der Waals surface area contributed by atoms with Crippen LogP contribution in [0.1, 0.15) is 27.8 Å². The van der Waals surface area contributed by atoms with Gasteiger partial charge in [-0.1, -0.05) is 71.8 Å². The summed E-state index contributed by atoms with van der Waals surface area (Å²) in [6, 6.07) is 38.7. The number of ether oxygens (including phenoxy) is 5. The van der Waals surface area contributed by atoms with Crippen LogP contribution in [0.25, 0.3) is 11.1 Å². The normalized spacial score (nSPS) is 12.0. The lowest BCUT2D eigenvalue weighted by atomic mass is 9.73. The van der Waals surface area contributed by atoms with Crippen LogP contribution in [0.15, 0.2) is 189 Å². The predicted octanol–water partition coefficient (Wildman–Crippen LogP) is 14.5. The lowest BCUT2D eigenvalue weighted by molar-refractivity contribution is -0.432. The second-order valence-electron chi connectivity index (χ2n) is 16.7. The summed E-state index contributed by atoms with van der Waals surface area (Å²) in [5.74, 6) is -0.152. The van der Waals surface area contributed by atoms with Crippen LogP contribution in [-0.2, 0) is 34.7 Å². The van der Waals surface area contributed by atoms with E-state index in [-0.39, 0.29) is 57.0 Å². The topological polar surface area (TPSA) is 221 Å². The number of rotatable bonds is 18. The molecule has 8 aromatic rings. The zero-order chi connectivity index (χ0) is 56.9. The number of nitrogens with zero attached hydrogens (tertiary/aromatic N) is 2. The van der Waals surface area contributed by atoms with Gasteiger partial charge < -0.3 is 23.7 Å². The van der Waals surface area contributed by atoms with E-state index in [1.54, 1.807) is 48.5 Å². The van der Waals surface area contributed by atoms with E-state index in [4.69, 9.17) is 28.9 Å². The van der Waals surface area contributed by atoms with Crippen molar-refractivity contribution in [3.63, 3.8) is 0 Å². The zero-order valence-corrected chi connectivity index (χ0v) is 42.9. The molecule has 0 atom stereocenters. The minimum atomic E-state index is -6.02. The highest BCUT2D eigenvalue weighted by atomic mass is 32.2. The molecule has 0 fully saturated rings. The van der Waals surface area contributed by atoms with E-state index in [1.165, 1.54) is 18.2 Å². The molecule has 8 aromatic carbocycles. The first-order valence-corrected chi connectivity index (χ1v) is 26.2. The quantitative estimate of drug-likeness (QED) is 0.0268. The van der Waals surface area contributed by atoms with E-state index < -0.39 is 63.5 Å². The average Bonchev–Trinajstić information content (AvgIpc) is 3.43. The van der Waals surface area contributed by atoms with Gasteiger partial charge in [0.05, 0.1) is 39.4 Å². The molecule has 404 valence electrons. The van der Waals surface area contributed by atoms with Crippen LogP contribution in [0.4, 0.5) is 26.3 Å². The maximum atomic E-state index is 15.2. The first kappa shape index (κ1) is 56.6. The van der Waals surface area contributed by atoms with Gasteiger partial charge in [0, 0.05) is 0 Å². The van der Waals surface area contributed by atoms with Crippen molar-refractivity contribution in [1.82, 2.24) is 0 Å². The summed E-state index contributed by atoms with van der Waals surface area (Å²) in [6.45, 7) is 1.81. The molecule has 0 aliphatic heterocycles. The molecular formula is C55H36F6N2O13S3. The highest BCUT2D eigenvalue weighted by Crippen LogP contribution is 2.57. The Morgan fingerprint density at radius 2 is 0.924 bits per heavy atom. The minimum absolute atomic E-state index is 0.0238. The molecule has 0 unspecified atom stereocenters. The Morgan fingerprint density at radius 3 is 1.34 bits per heavy atom. The van der Waals surface area contributed by atoms with Crippen molar-refractivity contribution in [2.75, 3.05) is 7.11 Å². The Hall–Kier alpha value is -8.59. The molecule has 0 spiro atoms. The lowest BCUT2D eigenvalue weighted by Gasteiger charge is -2.38. The molecule has 8 rings (SSSR count). The number of sulfone groups is 1. The second-order valence-corrected chi connectivity index (χ2v) is 20.8. The largest absolute Gasteiger partial charge is 0.495 e. The molecule has 2 N–H and O–H groups in total. The van der Waals surface area contributed by atoms with E-state index in [2.05, 4.69) is 15.4 Å². The Kier molecular flexibility index (Phi) is 16.3. The average molecular weight is 1140 g/mol.